The lowest BCUT2D eigenvalue weighted by Crippen LogP contribution is -2.41. The predicted molar refractivity (Wildman–Crippen MR) is 73.7 cm³/mol. The molecule has 0 bridgehead atoms. The first-order chi connectivity index (χ1) is 9.51. The fourth-order valence-corrected chi connectivity index (χ4v) is 2.45. The molecule has 1 aliphatic heterocycles. The number of hydrogen-bond acceptors (Lipinski definition) is 5. The highest BCUT2D eigenvalue weighted by atomic mass is 19.1. The highest BCUT2D eigenvalue weighted by Gasteiger charge is 2.24. The Morgan fingerprint density at radius 3 is 2.90 bits per heavy atom. The van der Waals surface area contributed by atoms with Crippen LogP contribution in [0.2, 0.25) is 0 Å². The Morgan fingerprint density at radius 2 is 2.30 bits per heavy atom. The van der Waals surface area contributed by atoms with Gasteiger partial charge < -0.3 is 15.4 Å². The molecule has 7 heteroatoms. The molecule has 1 aromatic rings. The summed E-state index contributed by atoms with van der Waals surface area (Å²) in [5.41, 5.74) is 0.0295. The van der Waals surface area contributed by atoms with E-state index in [9.17, 15) is 14.5 Å². The summed E-state index contributed by atoms with van der Waals surface area (Å²) < 4.78 is 18.4. The Labute approximate surface area is 116 Å². The fourth-order valence-electron chi connectivity index (χ4n) is 2.45. The van der Waals surface area contributed by atoms with Crippen molar-refractivity contribution in [3.05, 3.63) is 28.1 Å². The smallest absolute Gasteiger partial charge is 0.295 e. The van der Waals surface area contributed by atoms with Crippen LogP contribution in [0, 0.1) is 15.9 Å². The number of nitrogens with one attached hydrogen (secondary N) is 2. The maximum absolute atomic E-state index is 13.6. The standard InChI is InChI=1S/C13H18FN3O3/c1-8-5-9(3-4-15-8)16-11-7-13(20-2)10(14)6-12(11)17(18)19/h6-9,15-16H,3-5H2,1-2H3. The van der Waals surface area contributed by atoms with Gasteiger partial charge in [0.1, 0.15) is 5.69 Å². The van der Waals surface area contributed by atoms with Gasteiger partial charge in [0.05, 0.1) is 18.1 Å². The van der Waals surface area contributed by atoms with Gasteiger partial charge in [0.15, 0.2) is 11.6 Å². The van der Waals surface area contributed by atoms with E-state index in [0.29, 0.717) is 11.7 Å². The number of benzene rings is 1. The predicted octanol–water partition coefficient (Wildman–Crippen LogP) is 2.29. The van der Waals surface area contributed by atoms with E-state index in [4.69, 9.17) is 4.74 Å². The van der Waals surface area contributed by atoms with Crippen LogP contribution >= 0.6 is 0 Å². The van der Waals surface area contributed by atoms with E-state index in [1.807, 2.05) is 0 Å². The average molecular weight is 283 g/mol. The molecule has 0 radical (unpaired) electrons. The molecule has 1 fully saturated rings. The summed E-state index contributed by atoms with van der Waals surface area (Å²) in [4.78, 5) is 10.4. The number of nitro groups is 1. The van der Waals surface area contributed by atoms with Gasteiger partial charge in [0.2, 0.25) is 0 Å². The number of nitro benzene ring substituents is 1. The van der Waals surface area contributed by atoms with Crippen LogP contribution in [-0.4, -0.2) is 30.7 Å². The van der Waals surface area contributed by atoms with Crippen LogP contribution in [0.5, 0.6) is 5.75 Å². The molecule has 1 aliphatic rings. The molecule has 20 heavy (non-hydrogen) atoms. The van der Waals surface area contributed by atoms with Crippen LogP contribution < -0.4 is 15.4 Å². The maximum Gasteiger partial charge on any atom is 0.295 e. The molecule has 2 rings (SSSR count). The molecule has 1 saturated heterocycles. The summed E-state index contributed by atoms with van der Waals surface area (Å²) in [6.07, 6.45) is 1.72. The molecule has 1 heterocycles. The third-order valence-electron chi connectivity index (χ3n) is 3.45. The molecular formula is C13H18FN3O3. The van der Waals surface area contributed by atoms with Crippen LogP contribution in [0.4, 0.5) is 15.8 Å². The summed E-state index contributed by atoms with van der Waals surface area (Å²) in [5.74, 6) is -0.733. The normalized spacial score (nSPS) is 22.4. The van der Waals surface area contributed by atoms with Crippen LogP contribution in [0.1, 0.15) is 19.8 Å². The second kappa shape index (κ2) is 6.04. The number of anilines is 1. The number of rotatable bonds is 4. The third-order valence-corrected chi connectivity index (χ3v) is 3.45. The van der Waals surface area contributed by atoms with Gasteiger partial charge in [0, 0.05) is 18.2 Å². The summed E-state index contributed by atoms with van der Waals surface area (Å²) in [5, 5.41) is 17.5. The van der Waals surface area contributed by atoms with Gasteiger partial charge in [0.25, 0.3) is 5.69 Å². The zero-order valence-corrected chi connectivity index (χ0v) is 11.5. The SMILES string of the molecule is COc1cc(NC2CCNC(C)C2)c([N+](=O)[O-])cc1F. The Bertz CT molecular complexity index is 510. The summed E-state index contributed by atoms with van der Waals surface area (Å²) in [6.45, 7) is 2.92. The molecule has 0 saturated carbocycles. The van der Waals surface area contributed by atoms with Crippen LogP contribution in [-0.2, 0) is 0 Å². The van der Waals surface area contributed by atoms with Crippen molar-refractivity contribution in [2.45, 2.75) is 31.8 Å². The Morgan fingerprint density at radius 1 is 1.55 bits per heavy atom. The molecule has 2 N–H and O–H groups in total. The van der Waals surface area contributed by atoms with Crippen molar-refractivity contribution in [2.75, 3.05) is 19.0 Å². The number of piperidine rings is 1. The third kappa shape index (κ3) is 3.16. The van der Waals surface area contributed by atoms with Gasteiger partial charge in [-0.3, -0.25) is 10.1 Å². The van der Waals surface area contributed by atoms with Crippen molar-refractivity contribution < 1.29 is 14.1 Å². The van der Waals surface area contributed by atoms with Gasteiger partial charge in [-0.1, -0.05) is 0 Å². The fraction of sp³-hybridized carbons (Fsp3) is 0.538. The lowest BCUT2D eigenvalue weighted by molar-refractivity contribution is -0.384. The van der Waals surface area contributed by atoms with Gasteiger partial charge in [-0.15, -0.1) is 0 Å². The van der Waals surface area contributed by atoms with Gasteiger partial charge in [-0.25, -0.2) is 4.39 Å². The van der Waals surface area contributed by atoms with Crippen LogP contribution in [0.15, 0.2) is 12.1 Å². The molecule has 2 unspecified atom stereocenters. The molecule has 0 spiro atoms. The van der Waals surface area contributed by atoms with E-state index >= 15 is 0 Å². The van der Waals surface area contributed by atoms with Crippen molar-refractivity contribution in [3.8, 4) is 5.75 Å². The zero-order chi connectivity index (χ0) is 14.7. The molecule has 0 aliphatic carbocycles. The van der Waals surface area contributed by atoms with Crippen LogP contribution in [0.3, 0.4) is 0 Å². The first-order valence-corrected chi connectivity index (χ1v) is 6.53. The zero-order valence-electron chi connectivity index (χ0n) is 11.5. The quantitative estimate of drug-likeness (QED) is 0.655. The van der Waals surface area contributed by atoms with E-state index < -0.39 is 10.7 Å². The first-order valence-electron chi connectivity index (χ1n) is 6.53. The summed E-state index contributed by atoms with van der Waals surface area (Å²) in [6, 6.07) is 2.72. The molecule has 2 atom stereocenters. The van der Waals surface area contributed by atoms with E-state index in [1.54, 1.807) is 0 Å². The second-order valence-corrected chi connectivity index (χ2v) is 4.98. The van der Waals surface area contributed by atoms with Crippen molar-refractivity contribution in [1.29, 1.82) is 0 Å². The molecule has 0 amide bonds. The molecule has 110 valence electrons. The number of methoxy groups -OCH3 is 1. The largest absolute Gasteiger partial charge is 0.494 e. The molecular weight excluding hydrogens is 265 g/mol. The average Bonchev–Trinajstić information content (AvgIpc) is 2.40. The number of ether oxygens (including phenoxy) is 1. The van der Waals surface area contributed by atoms with E-state index in [1.165, 1.54) is 13.2 Å². The minimum atomic E-state index is -0.733. The minimum Gasteiger partial charge on any atom is -0.494 e. The number of halogens is 1. The summed E-state index contributed by atoms with van der Waals surface area (Å²) in [7, 11) is 1.33. The molecule has 0 aromatic heterocycles. The lowest BCUT2D eigenvalue weighted by Gasteiger charge is -2.29. The van der Waals surface area contributed by atoms with E-state index in [0.717, 1.165) is 25.5 Å². The molecule has 1 aromatic carbocycles. The Kier molecular flexibility index (Phi) is 4.39. The van der Waals surface area contributed by atoms with Crippen molar-refractivity contribution >= 4 is 11.4 Å². The monoisotopic (exact) mass is 283 g/mol. The first kappa shape index (κ1) is 14.5. The van der Waals surface area contributed by atoms with Gasteiger partial charge >= 0.3 is 0 Å². The van der Waals surface area contributed by atoms with Gasteiger partial charge in [-0.2, -0.15) is 0 Å². The lowest BCUT2D eigenvalue weighted by atomic mass is 10.00. The van der Waals surface area contributed by atoms with E-state index in [-0.39, 0.29) is 17.5 Å². The van der Waals surface area contributed by atoms with E-state index in [2.05, 4.69) is 17.6 Å². The Hall–Kier alpha value is -1.89. The highest BCUT2D eigenvalue weighted by molar-refractivity contribution is 5.65. The van der Waals surface area contributed by atoms with Gasteiger partial charge in [-0.05, 0) is 26.3 Å². The summed E-state index contributed by atoms with van der Waals surface area (Å²) >= 11 is 0. The maximum atomic E-state index is 13.6. The molecule has 6 nitrogen and oxygen atoms in total. The van der Waals surface area contributed by atoms with Crippen molar-refractivity contribution in [2.24, 2.45) is 0 Å². The highest BCUT2D eigenvalue weighted by Crippen LogP contribution is 2.33. The Balaban J connectivity index is 2.26. The van der Waals surface area contributed by atoms with Crippen LogP contribution in [0.25, 0.3) is 0 Å². The topological polar surface area (TPSA) is 76.4 Å². The number of nitrogens with zero attached hydrogens (tertiary/aromatic N) is 1. The second-order valence-electron chi connectivity index (χ2n) is 4.98. The van der Waals surface area contributed by atoms with Crippen molar-refractivity contribution in [3.63, 3.8) is 0 Å². The number of hydrogen-bond donors (Lipinski definition) is 2. The minimum absolute atomic E-state index is 0.0000768. The van der Waals surface area contributed by atoms with Crippen molar-refractivity contribution in [1.82, 2.24) is 5.32 Å².